The molecule has 0 aliphatic carbocycles. The Labute approximate surface area is 185 Å². The maximum atomic E-state index is 14.1. The van der Waals surface area contributed by atoms with E-state index in [2.05, 4.69) is 30.9 Å². The van der Waals surface area contributed by atoms with Crippen LogP contribution in [0.15, 0.2) is 35.5 Å². The molecule has 0 saturated carbocycles. The molecule has 9 nitrogen and oxygen atoms in total. The van der Waals surface area contributed by atoms with E-state index in [9.17, 15) is 27.5 Å². The summed E-state index contributed by atoms with van der Waals surface area (Å²) in [5.74, 6) is -1.94. The first-order valence-electron chi connectivity index (χ1n) is 9.56. The van der Waals surface area contributed by atoms with Crippen LogP contribution in [0.4, 0.5) is 23.4 Å². The predicted molar refractivity (Wildman–Crippen MR) is 112 cm³/mol. The zero-order valence-corrected chi connectivity index (χ0v) is 18.0. The van der Waals surface area contributed by atoms with Crippen LogP contribution >= 0.6 is 0 Å². The minimum Gasteiger partial charge on any atom is -0.508 e. The van der Waals surface area contributed by atoms with Crippen LogP contribution in [0.25, 0.3) is 11.3 Å². The molecule has 3 rings (SSSR count). The van der Waals surface area contributed by atoms with Gasteiger partial charge in [-0.05, 0) is 39.0 Å². The highest BCUT2D eigenvalue weighted by Crippen LogP contribution is 2.30. The van der Waals surface area contributed by atoms with Crippen molar-refractivity contribution < 1.29 is 27.5 Å². The van der Waals surface area contributed by atoms with Crippen molar-refractivity contribution in [1.29, 1.82) is 0 Å². The Bertz CT molecular complexity index is 1210. The molecule has 0 fully saturated rings. The van der Waals surface area contributed by atoms with Gasteiger partial charge in [-0.2, -0.15) is 23.4 Å². The number of carbonyl (C=O) groups is 1. The summed E-state index contributed by atoms with van der Waals surface area (Å²) < 4.78 is 54.7. The van der Waals surface area contributed by atoms with Gasteiger partial charge >= 0.3 is 6.18 Å². The molecule has 4 N–H and O–H groups in total. The standard InChI is InChI=1S/C20H21F4N7O2/c1-19(2,3)27-18(26-17(33)12-9-31(4)30-16(12)20(22,23)24)25-15-8-14(28-29-15)11-7-10(32)5-6-13(11)21/h5-9,32H,1-4H3,(H3,25,26,27,28,29,33). The number of rotatable bonds is 3. The first-order chi connectivity index (χ1) is 15.2. The second-order valence-electron chi connectivity index (χ2n) is 8.10. The van der Waals surface area contributed by atoms with Crippen molar-refractivity contribution in [1.82, 2.24) is 25.3 Å². The van der Waals surface area contributed by atoms with Gasteiger partial charge in [-0.25, -0.2) is 9.38 Å². The van der Waals surface area contributed by atoms with Gasteiger partial charge in [0.2, 0.25) is 5.96 Å². The van der Waals surface area contributed by atoms with Gasteiger partial charge in [-0.3, -0.25) is 19.9 Å². The topological polar surface area (TPSA) is 120 Å². The van der Waals surface area contributed by atoms with E-state index in [-0.39, 0.29) is 28.8 Å². The molecule has 0 unspecified atom stereocenters. The summed E-state index contributed by atoms with van der Waals surface area (Å²) in [7, 11) is 1.26. The number of nitrogens with one attached hydrogen (secondary N) is 3. The van der Waals surface area contributed by atoms with Gasteiger partial charge in [0.1, 0.15) is 11.6 Å². The summed E-state index contributed by atoms with van der Waals surface area (Å²) in [5.41, 5.74) is -2.50. The Hall–Kier alpha value is -3.90. The minimum atomic E-state index is -4.83. The molecular weight excluding hydrogens is 446 g/mol. The number of amides is 1. The maximum absolute atomic E-state index is 14.1. The van der Waals surface area contributed by atoms with Crippen molar-refractivity contribution in [3.63, 3.8) is 0 Å². The van der Waals surface area contributed by atoms with E-state index in [0.29, 0.717) is 0 Å². The summed E-state index contributed by atoms with van der Waals surface area (Å²) in [4.78, 5) is 16.9. The number of phenols is 1. The van der Waals surface area contributed by atoms with Crippen LogP contribution in [0, 0.1) is 5.82 Å². The number of benzene rings is 1. The van der Waals surface area contributed by atoms with Gasteiger partial charge in [0, 0.05) is 24.9 Å². The zero-order chi connectivity index (χ0) is 24.6. The van der Waals surface area contributed by atoms with E-state index < -0.39 is 34.7 Å². The Kier molecular flexibility index (Phi) is 6.16. The number of aryl methyl sites for hydroxylation is 1. The van der Waals surface area contributed by atoms with Crippen LogP contribution in [0.5, 0.6) is 5.75 Å². The van der Waals surface area contributed by atoms with Gasteiger partial charge < -0.3 is 10.4 Å². The number of hydrogen-bond acceptors (Lipinski definition) is 5. The Morgan fingerprint density at radius 1 is 1.21 bits per heavy atom. The van der Waals surface area contributed by atoms with E-state index >= 15 is 0 Å². The highest BCUT2D eigenvalue weighted by molar-refractivity contribution is 6.10. The lowest BCUT2D eigenvalue weighted by molar-refractivity contribution is -0.141. The average Bonchev–Trinajstić information content (AvgIpc) is 3.28. The third-order valence-corrected chi connectivity index (χ3v) is 4.09. The van der Waals surface area contributed by atoms with Crippen molar-refractivity contribution in [2.75, 3.05) is 5.32 Å². The molecule has 0 spiro atoms. The number of alkyl halides is 3. The minimum absolute atomic E-state index is 0.0408. The Balaban J connectivity index is 1.89. The van der Waals surface area contributed by atoms with E-state index in [4.69, 9.17) is 0 Å². The molecule has 0 atom stereocenters. The number of guanidine groups is 1. The van der Waals surface area contributed by atoms with E-state index in [1.807, 2.05) is 0 Å². The number of aromatic amines is 1. The third-order valence-electron chi connectivity index (χ3n) is 4.09. The smallest absolute Gasteiger partial charge is 0.435 e. The molecule has 0 aliphatic heterocycles. The number of aromatic nitrogens is 4. The SMILES string of the molecule is Cn1cc(C(=O)NC(=NC(C)(C)C)Nc2cc(-c3cc(O)ccc3F)[nH]n2)c(C(F)(F)F)n1. The molecule has 13 heteroatoms. The van der Waals surface area contributed by atoms with Gasteiger partial charge in [-0.1, -0.05) is 0 Å². The van der Waals surface area contributed by atoms with Crippen LogP contribution in [0.1, 0.15) is 36.8 Å². The van der Waals surface area contributed by atoms with E-state index in [1.54, 1.807) is 20.8 Å². The molecular formula is C20H21F4N7O2. The molecule has 0 bridgehead atoms. The monoisotopic (exact) mass is 467 g/mol. The van der Waals surface area contributed by atoms with Crippen molar-refractivity contribution >= 4 is 17.7 Å². The van der Waals surface area contributed by atoms with Gasteiger partial charge in [-0.15, -0.1) is 0 Å². The fraction of sp³-hybridized carbons (Fsp3) is 0.300. The number of aliphatic imine (C=N–C) groups is 1. The largest absolute Gasteiger partial charge is 0.508 e. The van der Waals surface area contributed by atoms with Crippen LogP contribution in [-0.4, -0.2) is 42.5 Å². The predicted octanol–water partition coefficient (Wildman–Crippen LogP) is 3.67. The second-order valence-corrected chi connectivity index (χ2v) is 8.10. The number of phenolic OH excluding ortho intramolecular Hbond substituents is 1. The molecule has 1 aromatic carbocycles. The number of anilines is 1. The lowest BCUT2D eigenvalue weighted by Gasteiger charge is -2.17. The fourth-order valence-corrected chi connectivity index (χ4v) is 2.83. The number of hydrogen-bond donors (Lipinski definition) is 4. The fourth-order valence-electron chi connectivity index (χ4n) is 2.83. The van der Waals surface area contributed by atoms with Crippen LogP contribution in [0.3, 0.4) is 0 Å². The summed E-state index contributed by atoms with van der Waals surface area (Å²) >= 11 is 0. The Morgan fingerprint density at radius 3 is 2.55 bits per heavy atom. The van der Waals surface area contributed by atoms with Crippen LogP contribution in [-0.2, 0) is 13.2 Å². The van der Waals surface area contributed by atoms with Gasteiger partial charge in [0.15, 0.2) is 11.5 Å². The lowest BCUT2D eigenvalue weighted by atomic mass is 10.1. The van der Waals surface area contributed by atoms with Crippen molar-refractivity contribution in [3.8, 4) is 17.0 Å². The number of nitrogens with zero attached hydrogens (tertiary/aromatic N) is 4. The molecule has 176 valence electrons. The number of aromatic hydroxyl groups is 1. The normalized spacial score (nSPS) is 12.7. The highest BCUT2D eigenvalue weighted by atomic mass is 19.4. The Morgan fingerprint density at radius 2 is 1.91 bits per heavy atom. The van der Waals surface area contributed by atoms with Crippen LogP contribution < -0.4 is 10.6 Å². The number of halogens is 4. The zero-order valence-electron chi connectivity index (χ0n) is 18.0. The molecule has 2 heterocycles. The first-order valence-corrected chi connectivity index (χ1v) is 9.56. The summed E-state index contributed by atoms with van der Waals surface area (Å²) in [6, 6.07) is 4.84. The molecule has 0 saturated heterocycles. The third kappa shape index (κ3) is 5.87. The quantitative estimate of drug-likeness (QED) is 0.266. The molecule has 0 aliphatic rings. The molecule has 33 heavy (non-hydrogen) atoms. The van der Waals surface area contributed by atoms with Crippen LogP contribution in [0.2, 0.25) is 0 Å². The van der Waals surface area contributed by atoms with E-state index in [0.717, 1.165) is 16.9 Å². The van der Waals surface area contributed by atoms with Crippen molar-refractivity contribution in [2.45, 2.75) is 32.5 Å². The summed E-state index contributed by atoms with van der Waals surface area (Å²) in [5, 5.41) is 24.5. The average molecular weight is 467 g/mol. The lowest BCUT2D eigenvalue weighted by Crippen LogP contribution is -2.38. The molecule has 3 aromatic rings. The molecule has 1 amide bonds. The van der Waals surface area contributed by atoms with Crippen molar-refractivity contribution in [2.24, 2.45) is 12.0 Å². The maximum Gasteiger partial charge on any atom is 0.435 e. The van der Waals surface area contributed by atoms with Crippen molar-refractivity contribution in [3.05, 3.63) is 47.5 Å². The summed E-state index contributed by atoms with van der Waals surface area (Å²) in [6.07, 6.45) is -3.88. The first kappa shape index (κ1) is 23.8. The number of H-pyrrole nitrogens is 1. The summed E-state index contributed by atoms with van der Waals surface area (Å²) in [6.45, 7) is 5.14. The second kappa shape index (κ2) is 8.56. The highest BCUT2D eigenvalue weighted by Gasteiger charge is 2.39. The molecule has 2 aromatic heterocycles. The van der Waals surface area contributed by atoms with Gasteiger partial charge in [0.05, 0.1) is 16.8 Å². The number of carbonyl (C=O) groups excluding carboxylic acids is 1. The van der Waals surface area contributed by atoms with Gasteiger partial charge in [0.25, 0.3) is 5.91 Å². The van der Waals surface area contributed by atoms with E-state index in [1.165, 1.54) is 25.2 Å². The molecule has 0 radical (unpaired) electrons.